The van der Waals surface area contributed by atoms with Crippen molar-refractivity contribution in [1.82, 2.24) is 15.0 Å². The Morgan fingerprint density at radius 2 is 2.20 bits per heavy atom. The maximum Gasteiger partial charge on any atom is 0.254 e. The third kappa shape index (κ3) is 4.20. The maximum atomic E-state index is 12.2. The molecule has 1 amide bonds. The molecule has 0 radical (unpaired) electrons. The van der Waals surface area contributed by atoms with Crippen LogP contribution < -0.4 is 10.9 Å². The van der Waals surface area contributed by atoms with Gasteiger partial charge in [0, 0.05) is 22.7 Å². The Bertz CT molecular complexity index is 999. The van der Waals surface area contributed by atoms with Gasteiger partial charge in [-0.2, -0.15) is 0 Å². The Balaban J connectivity index is 1.67. The topological polar surface area (TPSA) is 87.7 Å². The third-order valence-electron chi connectivity index (χ3n) is 3.59. The number of aryl methyl sites for hydroxylation is 1. The van der Waals surface area contributed by atoms with Gasteiger partial charge in [0.25, 0.3) is 5.56 Å². The van der Waals surface area contributed by atoms with E-state index in [2.05, 4.69) is 20.3 Å². The Kier molecular flexibility index (Phi) is 5.41. The van der Waals surface area contributed by atoms with Crippen molar-refractivity contribution >= 4 is 56.0 Å². The first kappa shape index (κ1) is 17.9. The second-order valence-electron chi connectivity index (χ2n) is 5.32. The fourth-order valence-electron chi connectivity index (χ4n) is 2.35. The summed E-state index contributed by atoms with van der Waals surface area (Å²) < 4.78 is 0.909. The van der Waals surface area contributed by atoms with Crippen molar-refractivity contribution in [1.29, 1.82) is 0 Å². The molecule has 2 aromatic heterocycles. The molecule has 0 fully saturated rings. The van der Waals surface area contributed by atoms with Gasteiger partial charge in [0.2, 0.25) is 5.91 Å². The summed E-state index contributed by atoms with van der Waals surface area (Å²) in [6.07, 6.45) is 2.35. The number of H-pyrrole nitrogens is 1. The second kappa shape index (κ2) is 7.55. The average molecular weight is 395 g/mol. The van der Waals surface area contributed by atoms with Gasteiger partial charge in [-0.1, -0.05) is 34.7 Å². The summed E-state index contributed by atoms with van der Waals surface area (Å²) in [7, 11) is 0. The van der Waals surface area contributed by atoms with Crippen LogP contribution in [-0.4, -0.2) is 27.1 Å². The number of hydrogen-bond acceptors (Lipinski definition) is 6. The van der Waals surface area contributed by atoms with Gasteiger partial charge in [-0.05, 0) is 37.8 Å². The highest BCUT2D eigenvalue weighted by atomic mass is 35.5. The van der Waals surface area contributed by atoms with Gasteiger partial charge in [0.05, 0.1) is 10.2 Å². The van der Waals surface area contributed by atoms with Crippen LogP contribution in [0.3, 0.4) is 0 Å². The van der Waals surface area contributed by atoms with Crippen LogP contribution in [0.2, 0.25) is 5.02 Å². The third-order valence-corrected chi connectivity index (χ3v) is 5.34. The summed E-state index contributed by atoms with van der Waals surface area (Å²) in [5, 5.41) is 4.49. The molecule has 6 nitrogen and oxygen atoms in total. The van der Waals surface area contributed by atoms with Crippen molar-refractivity contribution in [3.05, 3.63) is 44.8 Å². The van der Waals surface area contributed by atoms with Crippen molar-refractivity contribution in [2.75, 3.05) is 11.6 Å². The zero-order chi connectivity index (χ0) is 18.0. The molecule has 0 saturated heterocycles. The molecule has 0 aliphatic rings. The van der Waals surface area contributed by atoms with E-state index in [1.807, 2.05) is 18.4 Å². The zero-order valence-electron chi connectivity index (χ0n) is 13.6. The molecule has 130 valence electrons. The van der Waals surface area contributed by atoms with Crippen LogP contribution in [0.1, 0.15) is 17.7 Å². The molecule has 2 heterocycles. The molecule has 25 heavy (non-hydrogen) atoms. The number of carbonyl (C=O) groups excluding carboxylic acids is 1. The second-order valence-corrected chi connectivity index (χ2v) is 7.58. The number of thioether (sulfide) groups is 1. The number of thiazole rings is 1. The molecule has 2 N–H and O–H groups in total. The molecule has 0 saturated carbocycles. The van der Waals surface area contributed by atoms with E-state index in [0.29, 0.717) is 33.0 Å². The van der Waals surface area contributed by atoms with E-state index in [4.69, 9.17) is 11.6 Å². The maximum absolute atomic E-state index is 12.2. The van der Waals surface area contributed by atoms with Gasteiger partial charge in [-0.15, -0.1) is 0 Å². The summed E-state index contributed by atoms with van der Waals surface area (Å²) in [6.45, 7) is 1.78. The molecular formula is C16H15ClN4O2S2. The smallest absolute Gasteiger partial charge is 0.254 e. The molecule has 3 aromatic rings. The van der Waals surface area contributed by atoms with Gasteiger partial charge in [0.15, 0.2) is 10.3 Å². The van der Waals surface area contributed by atoms with Crippen molar-refractivity contribution in [3.63, 3.8) is 0 Å². The number of halogens is 1. The van der Waals surface area contributed by atoms with E-state index >= 15 is 0 Å². The van der Waals surface area contributed by atoms with E-state index in [9.17, 15) is 9.59 Å². The number of amides is 1. The highest BCUT2D eigenvalue weighted by molar-refractivity contribution is 7.98. The summed E-state index contributed by atoms with van der Waals surface area (Å²) in [5.74, 6) is -0.196. The molecule has 3 rings (SSSR count). The molecule has 0 atom stereocenters. The minimum Gasteiger partial charge on any atom is -0.302 e. The molecular weight excluding hydrogens is 380 g/mol. The van der Waals surface area contributed by atoms with Gasteiger partial charge >= 0.3 is 0 Å². The average Bonchev–Trinajstić information content (AvgIpc) is 2.94. The van der Waals surface area contributed by atoms with Crippen molar-refractivity contribution in [2.45, 2.75) is 24.9 Å². The Morgan fingerprint density at radius 1 is 1.40 bits per heavy atom. The summed E-state index contributed by atoms with van der Waals surface area (Å²) in [5.41, 5.74) is 1.77. The number of rotatable bonds is 5. The minimum atomic E-state index is -0.196. The number of carbonyl (C=O) groups is 1. The number of aromatic amines is 1. The van der Waals surface area contributed by atoms with Gasteiger partial charge in [-0.3, -0.25) is 9.59 Å². The fraction of sp³-hybridized carbons (Fsp3) is 0.250. The van der Waals surface area contributed by atoms with Crippen LogP contribution >= 0.6 is 34.7 Å². The monoisotopic (exact) mass is 394 g/mol. The number of hydrogen-bond donors (Lipinski definition) is 2. The number of benzene rings is 1. The lowest BCUT2D eigenvalue weighted by Crippen LogP contribution is -2.20. The number of nitrogens with zero attached hydrogens (tertiary/aromatic N) is 2. The number of aromatic nitrogens is 3. The molecule has 0 aliphatic heterocycles. The predicted octanol–water partition coefficient (Wildman–Crippen LogP) is 3.63. The Morgan fingerprint density at radius 3 is 2.92 bits per heavy atom. The molecule has 9 heteroatoms. The summed E-state index contributed by atoms with van der Waals surface area (Å²) in [4.78, 5) is 35.6. The van der Waals surface area contributed by atoms with Crippen LogP contribution in [0.4, 0.5) is 5.13 Å². The van der Waals surface area contributed by atoms with E-state index in [1.54, 1.807) is 13.0 Å². The first-order chi connectivity index (χ1) is 12.0. The van der Waals surface area contributed by atoms with Gasteiger partial charge in [0.1, 0.15) is 0 Å². The molecule has 0 bridgehead atoms. The van der Waals surface area contributed by atoms with Crippen molar-refractivity contribution in [2.24, 2.45) is 0 Å². The molecule has 1 aromatic carbocycles. The quantitative estimate of drug-likeness (QED) is 0.509. The Labute approximate surface area is 157 Å². The molecule has 0 unspecified atom stereocenters. The molecule has 0 spiro atoms. The number of nitrogens with one attached hydrogen (secondary N) is 2. The van der Waals surface area contributed by atoms with Crippen LogP contribution in [0.5, 0.6) is 0 Å². The standard InChI is InChI=1S/C16H15ClN4O2S2/c1-8-10(14(23)21-15(18-8)24-2)4-6-13(22)20-16-19-11-5-3-9(17)7-12(11)25-16/h3,5,7H,4,6H2,1-2H3,(H,18,21,23)(H,19,20,22). The minimum absolute atomic E-state index is 0.181. The lowest BCUT2D eigenvalue weighted by molar-refractivity contribution is -0.116. The SMILES string of the molecule is CSc1nc(C)c(CCC(=O)Nc2nc3ccc(Cl)cc3s2)c(=O)[nH]1. The van der Waals surface area contributed by atoms with E-state index in [-0.39, 0.29) is 17.9 Å². The van der Waals surface area contributed by atoms with E-state index in [1.165, 1.54) is 23.1 Å². The summed E-state index contributed by atoms with van der Waals surface area (Å²) in [6, 6.07) is 5.38. The summed E-state index contributed by atoms with van der Waals surface area (Å²) >= 11 is 8.69. The fourth-order valence-corrected chi connectivity index (χ4v) is 3.93. The highest BCUT2D eigenvalue weighted by Crippen LogP contribution is 2.28. The normalized spacial score (nSPS) is 11.0. The first-order valence-corrected chi connectivity index (χ1v) is 9.88. The molecule has 0 aliphatic carbocycles. The Hall–Kier alpha value is -1.90. The van der Waals surface area contributed by atoms with Gasteiger partial charge < -0.3 is 10.3 Å². The van der Waals surface area contributed by atoms with Crippen molar-refractivity contribution in [3.8, 4) is 0 Å². The lowest BCUT2D eigenvalue weighted by atomic mass is 10.1. The lowest BCUT2D eigenvalue weighted by Gasteiger charge is -2.05. The van der Waals surface area contributed by atoms with Crippen LogP contribution in [0, 0.1) is 6.92 Å². The number of anilines is 1. The van der Waals surface area contributed by atoms with Gasteiger partial charge in [-0.25, -0.2) is 9.97 Å². The van der Waals surface area contributed by atoms with E-state index < -0.39 is 0 Å². The van der Waals surface area contributed by atoms with E-state index in [0.717, 1.165) is 10.2 Å². The predicted molar refractivity (Wildman–Crippen MR) is 103 cm³/mol. The van der Waals surface area contributed by atoms with Crippen LogP contribution in [0.15, 0.2) is 28.2 Å². The zero-order valence-corrected chi connectivity index (χ0v) is 15.9. The van der Waals surface area contributed by atoms with Crippen molar-refractivity contribution < 1.29 is 4.79 Å². The largest absolute Gasteiger partial charge is 0.302 e. The van der Waals surface area contributed by atoms with Crippen LogP contribution in [-0.2, 0) is 11.2 Å². The first-order valence-electron chi connectivity index (χ1n) is 7.46. The highest BCUT2D eigenvalue weighted by Gasteiger charge is 2.12. The van der Waals surface area contributed by atoms with Crippen LogP contribution in [0.25, 0.3) is 10.2 Å². The number of fused-ring (bicyclic) bond motifs is 1.